The van der Waals surface area contributed by atoms with Crippen molar-refractivity contribution in [3.63, 3.8) is 0 Å². The normalized spacial score (nSPS) is 14.8. The summed E-state index contributed by atoms with van der Waals surface area (Å²) in [5.41, 5.74) is 1.10. The van der Waals surface area contributed by atoms with Crippen LogP contribution in [0.1, 0.15) is 19.4 Å². The first-order valence-corrected chi connectivity index (χ1v) is 12.0. The number of nitrogens with zero attached hydrogens (tertiary/aromatic N) is 1. The number of hydrogen-bond acceptors (Lipinski definition) is 6. The van der Waals surface area contributed by atoms with Gasteiger partial charge in [0.15, 0.2) is 11.5 Å². The van der Waals surface area contributed by atoms with Crippen molar-refractivity contribution in [2.24, 2.45) is 0 Å². The minimum Gasteiger partial charge on any atom is -0.490 e. The molecule has 1 saturated heterocycles. The molecule has 168 valence electrons. The lowest BCUT2D eigenvalue weighted by molar-refractivity contribution is -0.127. The van der Waals surface area contributed by atoms with Gasteiger partial charge in [0.05, 0.1) is 32.4 Å². The minimum absolute atomic E-state index is 0.225. The van der Waals surface area contributed by atoms with E-state index in [0.717, 1.165) is 20.2 Å². The van der Waals surface area contributed by atoms with Crippen LogP contribution in [0, 0.1) is 3.57 Å². The van der Waals surface area contributed by atoms with E-state index in [9.17, 15) is 14.4 Å². The van der Waals surface area contributed by atoms with Gasteiger partial charge in [-0.1, -0.05) is 23.7 Å². The number of imide groups is 1. The number of amides is 3. The van der Waals surface area contributed by atoms with Gasteiger partial charge in [0.2, 0.25) is 5.91 Å². The van der Waals surface area contributed by atoms with E-state index in [4.69, 9.17) is 21.1 Å². The Morgan fingerprint density at radius 2 is 1.91 bits per heavy atom. The van der Waals surface area contributed by atoms with Gasteiger partial charge in [0.1, 0.15) is 6.54 Å². The summed E-state index contributed by atoms with van der Waals surface area (Å²) in [6, 6.07) is 10.3. The molecule has 1 fully saturated rings. The Hall–Kier alpha value is -2.24. The fourth-order valence-electron chi connectivity index (χ4n) is 2.90. The summed E-state index contributed by atoms with van der Waals surface area (Å²) in [4.78, 5) is 38.7. The number of rotatable bonds is 8. The average Bonchev–Trinajstić information content (AvgIpc) is 3.00. The molecule has 2 aromatic carbocycles. The maximum absolute atomic E-state index is 12.8. The standard InChI is InChI=1S/C22H20ClIN2O5S/c1-3-30-17-10-13(9-15(24)20(17)31-4-2)11-18-21(28)26(22(29)32-18)12-19(27)25-16-8-6-5-7-14(16)23/h5-11H,3-4,12H2,1-2H3,(H,25,27)/b18-11+. The molecule has 2 aromatic rings. The van der Waals surface area contributed by atoms with Crippen LogP contribution in [0.4, 0.5) is 10.5 Å². The molecule has 1 aliphatic rings. The average molecular weight is 587 g/mol. The first-order valence-electron chi connectivity index (χ1n) is 9.72. The van der Waals surface area contributed by atoms with Gasteiger partial charge in [-0.2, -0.15) is 0 Å². The van der Waals surface area contributed by atoms with Crippen molar-refractivity contribution in [1.82, 2.24) is 4.90 Å². The third kappa shape index (κ3) is 5.76. The Labute approximate surface area is 208 Å². The molecule has 1 aliphatic heterocycles. The van der Waals surface area contributed by atoms with Gasteiger partial charge in [0.25, 0.3) is 11.1 Å². The Morgan fingerprint density at radius 1 is 1.19 bits per heavy atom. The second kappa shape index (κ2) is 11.1. The summed E-state index contributed by atoms with van der Waals surface area (Å²) < 4.78 is 12.2. The molecular formula is C22H20ClIN2O5S. The van der Waals surface area contributed by atoms with Crippen LogP contribution in [0.15, 0.2) is 41.3 Å². The highest BCUT2D eigenvalue weighted by atomic mass is 127. The number of nitrogens with one attached hydrogen (secondary N) is 1. The Kier molecular flexibility index (Phi) is 8.44. The number of anilines is 1. The highest BCUT2D eigenvalue weighted by molar-refractivity contribution is 14.1. The number of ether oxygens (including phenoxy) is 2. The van der Waals surface area contributed by atoms with Crippen LogP contribution in [0.5, 0.6) is 11.5 Å². The predicted molar refractivity (Wildman–Crippen MR) is 134 cm³/mol. The van der Waals surface area contributed by atoms with Gasteiger partial charge < -0.3 is 14.8 Å². The van der Waals surface area contributed by atoms with Gasteiger partial charge in [-0.05, 0) is 84.1 Å². The molecule has 3 rings (SSSR count). The highest BCUT2D eigenvalue weighted by Crippen LogP contribution is 2.37. The van der Waals surface area contributed by atoms with Gasteiger partial charge >= 0.3 is 0 Å². The van der Waals surface area contributed by atoms with Crippen LogP contribution in [0.2, 0.25) is 5.02 Å². The molecule has 7 nitrogen and oxygen atoms in total. The molecule has 0 atom stereocenters. The zero-order chi connectivity index (χ0) is 23.3. The number of carbonyl (C=O) groups excluding carboxylic acids is 3. The molecule has 0 aromatic heterocycles. The Bertz CT molecular complexity index is 1090. The fraction of sp³-hybridized carbons (Fsp3) is 0.227. The zero-order valence-corrected chi connectivity index (χ0v) is 21.0. The third-order valence-corrected chi connectivity index (χ3v) is 6.28. The van der Waals surface area contributed by atoms with Crippen molar-refractivity contribution in [3.8, 4) is 11.5 Å². The van der Waals surface area contributed by atoms with Crippen LogP contribution < -0.4 is 14.8 Å². The van der Waals surface area contributed by atoms with Gasteiger partial charge in [0, 0.05) is 0 Å². The lowest BCUT2D eigenvalue weighted by atomic mass is 10.2. The first-order chi connectivity index (χ1) is 15.3. The summed E-state index contributed by atoms with van der Waals surface area (Å²) in [6.45, 7) is 4.30. The number of thioether (sulfide) groups is 1. The van der Waals surface area contributed by atoms with Crippen molar-refractivity contribution in [1.29, 1.82) is 0 Å². The molecule has 1 N–H and O–H groups in total. The van der Waals surface area contributed by atoms with Crippen LogP contribution in [-0.4, -0.2) is 41.7 Å². The number of para-hydroxylation sites is 1. The molecule has 32 heavy (non-hydrogen) atoms. The van der Waals surface area contributed by atoms with Crippen LogP contribution in [0.3, 0.4) is 0 Å². The van der Waals surface area contributed by atoms with E-state index in [1.54, 1.807) is 36.4 Å². The lowest BCUT2D eigenvalue weighted by Crippen LogP contribution is -2.36. The smallest absolute Gasteiger partial charge is 0.294 e. The maximum atomic E-state index is 12.8. The van der Waals surface area contributed by atoms with Crippen LogP contribution >= 0.6 is 46.0 Å². The van der Waals surface area contributed by atoms with Gasteiger partial charge in [-0.15, -0.1) is 0 Å². The quantitative estimate of drug-likeness (QED) is 0.329. The van der Waals surface area contributed by atoms with Crippen molar-refractivity contribution in [2.75, 3.05) is 25.1 Å². The van der Waals surface area contributed by atoms with Crippen molar-refractivity contribution in [3.05, 3.63) is 55.5 Å². The van der Waals surface area contributed by atoms with Crippen molar-refractivity contribution >= 4 is 74.8 Å². The van der Waals surface area contributed by atoms with E-state index in [0.29, 0.717) is 41.0 Å². The molecule has 3 amide bonds. The predicted octanol–water partition coefficient (Wildman–Crippen LogP) is 5.42. The molecule has 0 bridgehead atoms. The number of benzene rings is 2. The van der Waals surface area contributed by atoms with Gasteiger partial charge in [-0.3, -0.25) is 19.3 Å². The van der Waals surface area contributed by atoms with Crippen molar-refractivity contribution < 1.29 is 23.9 Å². The fourth-order valence-corrected chi connectivity index (χ4v) is 4.70. The summed E-state index contributed by atoms with van der Waals surface area (Å²) in [6.07, 6.45) is 1.61. The van der Waals surface area contributed by atoms with Gasteiger partial charge in [-0.25, -0.2) is 0 Å². The van der Waals surface area contributed by atoms with Crippen LogP contribution in [0.25, 0.3) is 6.08 Å². The monoisotopic (exact) mass is 586 g/mol. The molecule has 1 heterocycles. The zero-order valence-electron chi connectivity index (χ0n) is 17.3. The SMILES string of the molecule is CCOc1cc(/C=C2/SC(=O)N(CC(=O)Nc3ccccc3Cl)C2=O)cc(I)c1OCC. The number of carbonyl (C=O) groups is 3. The molecule has 0 spiro atoms. The van der Waals surface area contributed by atoms with E-state index in [-0.39, 0.29) is 4.91 Å². The number of hydrogen-bond donors (Lipinski definition) is 1. The summed E-state index contributed by atoms with van der Waals surface area (Å²) in [7, 11) is 0. The number of halogens is 2. The largest absolute Gasteiger partial charge is 0.490 e. The highest BCUT2D eigenvalue weighted by Gasteiger charge is 2.36. The van der Waals surface area contributed by atoms with E-state index in [2.05, 4.69) is 27.9 Å². The summed E-state index contributed by atoms with van der Waals surface area (Å²) in [5.74, 6) is 0.148. The van der Waals surface area contributed by atoms with Crippen LogP contribution in [-0.2, 0) is 9.59 Å². The van der Waals surface area contributed by atoms with E-state index in [1.807, 2.05) is 19.9 Å². The second-order valence-electron chi connectivity index (χ2n) is 6.49. The topological polar surface area (TPSA) is 84.9 Å². The molecule has 0 unspecified atom stereocenters. The first kappa shape index (κ1) is 24.4. The lowest BCUT2D eigenvalue weighted by Gasteiger charge is -2.14. The van der Waals surface area contributed by atoms with E-state index < -0.39 is 23.6 Å². The minimum atomic E-state index is -0.531. The second-order valence-corrected chi connectivity index (χ2v) is 9.05. The molecule has 0 aliphatic carbocycles. The van der Waals surface area contributed by atoms with E-state index >= 15 is 0 Å². The van der Waals surface area contributed by atoms with Crippen molar-refractivity contribution in [2.45, 2.75) is 13.8 Å². The maximum Gasteiger partial charge on any atom is 0.294 e. The van der Waals surface area contributed by atoms with E-state index in [1.165, 1.54) is 0 Å². The Morgan fingerprint density at radius 3 is 2.59 bits per heavy atom. The summed E-state index contributed by atoms with van der Waals surface area (Å²) >= 11 is 8.96. The summed E-state index contributed by atoms with van der Waals surface area (Å²) in [5, 5.41) is 2.47. The molecule has 0 radical (unpaired) electrons. The molecule has 10 heteroatoms. The molecular weight excluding hydrogens is 567 g/mol. The Balaban J connectivity index is 1.78. The molecule has 0 saturated carbocycles. The third-order valence-electron chi connectivity index (χ3n) is 4.24.